The number of amides is 1. The molecule has 0 saturated carbocycles. The van der Waals surface area contributed by atoms with Gasteiger partial charge in [-0.3, -0.25) is 9.78 Å². The zero-order chi connectivity index (χ0) is 21.6. The van der Waals surface area contributed by atoms with Crippen molar-refractivity contribution in [2.45, 2.75) is 58.4 Å². The van der Waals surface area contributed by atoms with Crippen molar-refractivity contribution in [2.24, 2.45) is 0 Å². The van der Waals surface area contributed by atoms with Crippen LogP contribution in [-0.4, -0.2) is 24.0 Å². The van der Waals surface area contributed by atoms with Crippen molar-refractivity contribution in [2.75, 3.05) is 7.11 Å². The molecule has 0 spiro atoms. The van der Waals surface area contributed by atoms with Gasteiger partial charge in [0.05, 0.1) is 7.11 Å². The second kappa shape index (κ2) is 13.4. The largest absolute Gasteiger partial charge is 0.497 e. The molecule has 0 radical (unpaired) electrons. The Labute approximate surface area is 181 Å². The van der Waals surface area contributed by atoms with Gasteiger partial charge in [-0.05, 0) is 73.9 Å². The van der Waals surface area contributed by atoms with Gasteiger partial charge in [0.25, 0.3) is 0 Å². The van der Waals surface area contributed by atoms with Gasteiger partial charge in [0, 0.05) is 24.5 Å². The zero-order valence-electron chi connectivity index (χ0n) is 18.4. The number of aryl methyl sites for hydroxylation is 1. The van der Waals surface area contributed by atoms with Crippen LogP contribution >= 0.6 is 0 Å². The Morgan fingerprint density at radius 1 is 1.20 bits per heavy atom. The highest BCUT2D eigenvalue weighted by atomic mass is 16.5. The number of methoxy groups -OCH3 is 1. The highest BCUT2D eigenvalue weighted by molar-refractivity contribution is 5.88. The molecule has 1 amide bonds. The summed E-state index contributed by atoms with van der Waals surface area (Å²) in [5.41, 5.74) is 3.63. The smallest absolute Gasteiger partial charge is 0.244 e. The van der Waals surface area contributed by atoms with Gasteiger partial charge in [-0.25, -0.2) is 0 Å². The standard InChI is InChI=1S/C26H34N2O2/c1-4-5-12-23(24-15-17-25(30-3)18-16-24)13-7-14-26(29)28-21(2)9-6-10-22-11-8-19-27-20-22/h7-8,11,13-21H,4-6,9-10,12H2,1-3H3,(H,28,29)/t21-/m1/s1. The number of carbonyl (C=O) groups is 1. The molecule has 4 nitrogen and oxygen atoms in total. The van der Waals surface area contributed by atoms with Crippen LogP contribution in [0.15, 0.2) is 67.0 Å². The number of nitrogens with one attached hydrogen (secondary N) is 1. The lowest BCUT2D eigenvalue weighted by atomic mass is 9.99. The van der Waals surface area contributed by atoms with Crippen LogP contribution in [0.1, 0.15) is 57.1 Å². The Hall–Kier alpha value is -2.88. The van der Waals surface area contributed by atoms with Crippen molar-refractivity contribution in [3.05, 3.63) is 78.1 Å². The van der Waals surface area contributed by atoms with Crippen LogP contribution in [0.3, 0.4) is 0 Å². The summed E-state index contributed by atoms with van der Waals surface area (Å²) in [6.45, 7) is 4.24. The molecule has 0 aliphatic heterocycles. The topological polar surface area (TPSA) is 51.2 Å². The maximum absolute atomic E-state index is 12.2. The summed E-state index contributed by atoms with van der Waals surface area (Å²) in [5, 5.41) is 3.05. The van der Waals surface area contributed by atoms with Gasteiger partial charge in [-0.2, -0.15) is 0 Å². The van der Waals surface area contributed by atoms with Crippen LogP contribution in [0, 0.1) is 0 Å². The third kappa shape index (κ3) is 8.64. The van der Waals surface area contributed by atoms with E-state index in [0.29, 0.717) is 0 Å². The Morgan fingerprint density at radius 2 is 2.00 bits per heavy atom. The van der Waals surface area contributed by atoms with Gasteiger partial charge >= 0.3 is 0 Å². The van der Waals surface area contributed by atoms with E-state index < -0.39 is 0 Å². The molecule has 160 valence electrons. The zero-order valence-corrected chi connectivity index (χ0v) is 18.4. The van der Waals surface area contributed by atoms with E-state index in [1.165, 1.54) is 11.1 Å². The lowest BCUT2D eigenvalue weighted by Crippen LogP contribution is -2.31. The van der Waals surface area contributed by atoms with Crippen molar-refractivity contribution in [1.82, 2.24) is 10.3 Å². The summed E-state index contributed by atoms with van der Waals surface area (Å²) in [6.07, 6.45) is 15.4. The summed E-state index contributed by atoms with van der Waals surface area (Å²) in [4.78, 5) is 16.4. The number of nitrogens with zero attached hydrogens (tertiary/aromatic N) is 1. The van der Waals surface area contributed by atoms with E-state index in [-0.39, 0.29) is 11.9 Å². The molecule has 4 heteroatoms. The number of hydrogen-bond acceptors (Lipinski definition) is 3. The Kier molecular flexibility index (Phi) is 10.4. The first-order chi connectivity index (χ1) is 14.6. The SMILES string of the molecule is CCCCC(=CC=CC(=O)N[C@H](C)CCCc1cccnc1)c1ccc(OC)cc1. The van der Waals surface area contributed by atoms with Crippen LogP contribution in [-0.2, 0) is 11.2 Å². The van der Waals surface area contributed by atoms with E-state index in [1.807, 2.05) is 36.5 Å². The number of carbonyl (C=O) groups excluding carboxylic acids is 1. The van der Waals surface area contributed by atoms with E-state index >= 15 is 0 Å². The molecule has 1 aromatic heterocycles. The predicted molar refractivity (Wildman–Crippen MR) is 124 cm³/mol. The second-order valence-electron chi connectivity index (χ2n) is 7.55. The first-order valence-corrected chi connectivity index (χ1v) is 10.8. The lowest BCUT2D eigenvalue weighted by Gasteiger charge is -2.12. The van der Waals surface area contributed by atoms with Crippen LogP contribution < -0.4 is 10.1 Å². The van der Waals surface area contributed by atoms with E-state index in [2.05, 4.69) is 42.3 Å². The molecular formula is C26H34N2O2. The lowest BCUT2D eigenvalue weighted by molar-refractivity contribution is -0.117. The van der Waals surface area contributed by atoms with E-state index in [4.69, 9.17) is 4.74 Å². The quantitative estimate of drug-likeness (QED) is 0.361. The summed E-state index contributed by atoms with van der Waals surface area (Å²) in [5.74, 6) is 0.797. The van der Waals surface area contributed by atoms with Crippen molar-refractivity contribution in [3.63, 3.8) is 0 Å². The van der Waals surface area contributed by atoms with E-state index in [1.54, 1.807) is 19.4 Å². The van der Waals surface area contributed by atoms with Crippen LogP contribution in [0.2, 0.25) is 0 Å². The maximum Gasteiger partial charge on any atom is 0.244 e. The molecule has 0 unspecified atom stereocenters. The first-order valence-electron chi connectivity index (χ1n) is 10.8. The van der Waals surface area contributed by atoms with Crippen LogP contribution in [0.25, 0.3) is 5.57 Å². The molecule has 30 heavy (non-hydrogen) atoms. The average Bonchev–Trinajstić information content (AvgIpc) is 2.77. The maximum atomic E-state index is 12.2. The van der Waals surface area contributed by atoms with Gasteiger partial charge in [0.2, 0.25) is 5.91 Å². The number of ether oxygens (including phenoxy) is 1. The number of rotatable bonds is 12. The summed E-state index contributed by atoms with van der Waals surface area (Å²) >= 11 is 0. The summed E-state index contributed by atoms with van der Waals surface area (Å²) < 4.78 is 5.24. The summed E-state index contributed by atoms with van der Waals surface area (Å²) in [6, 6.07) is 12.3. The van der Waals surface area contributed by atoms with Gasteiger partial charge in [0.15, 0.2) is 0 Å². The Balaban J connectivity index is 1.85. The fourth-order valence-electron chi connectivity index (χ4n) is 3.27. The van der Waals surface area contributed by atoms with Gasteiger partial charge in [-0.15, -0.1) is 0 Å². The van der Waals surface area contributed by atoms with Crippen molar-refractivity contribution in [1.29, 1.82) is 0 Å². The van der Waals surface area contributed by atoms with E-state index in [0.717, 1.165) is 49.8 Å². The fourth-order valence-corrected chi connectivity index (χ4v) is 3.27. The summed E-state index contributed by atoms with van der Waals surface area (Å²) in [7, 11) is 1.67. The minimum atomic E-state index is -0.0512. The van der Waals surface area contributed by atoms with Gasteiger partial charge in [0.1, 0.15) is 5.75 Å². The molecule has 0 aliphatic carbocycles. The van der Waals surface area contributed by atoms with Gasteiger partial charge in [-0.1, -0.05) is 43.7 Å². The number of aromatic nitrogens is 1. The molecule has 2 aromatic rings. The molecule has 0 saturated heterocycles. The normalized spacial score (nSPS) is 12.7. The van der Waals surface area contributed by atoms with Crippen molar-refractivity contribution < 1.29 is 9.53 Å². The van der Waals surface area contributed by atoms with Crippen LogP contribution in [0.4, 0.5) is 0 Å². The minimum Gasteiger partial charge on any atom is -0.497 e. The molecule has 1 heterocycles. The third-order valence-electron chi connectivity index (χ3n) is 5.02. The fraction of sp³-hybridized carbons (Fsp3) is 0.385. The minimum absolute atomic E-state index is 0.0512. The second-order valence-corrected chi connectivity index (χ2v) is 7.55. The molecule has 0 fully saturated rings. The number of pyridine rings is 1. The molecular weight excluding hydrogens is 372 g/mol. The Morgan fingerprint density at radius 3 is 2.67 bits per heavy atom. The van der Waals surface area contributed by atoms with Crippen molar-refractivity contribution >= 4 is 11.5 Å². The number of benzene rings is 1. The molecule has 1 aromatic carbocycles. The van der Waals surface area contributed by atoms with Gasteiger partial charge < -0.3 is 10.1 Å². The third-order valence-corrected chi connectivity index (χ3v) is 5.02. The molecule has 1 N–H and O–H groups in total. The number of hydrogen-bond donors (Lipinski definition) is 1. The highest BCUT2D eigenvalue weighted by Gasteiger charge is 2.05. The molecule has 0 bridgehead atoms. The Bertz CT molecular complexity index is 811. The molecule has 1 atom stereocenters. The van der Waals surface area contributed by atoms with Crippen LogP contribution in [0.5, 0.6) is 5.75 Å². The predicted octanol–water partition coefficient (Wildman–Crippen LogP) is 5.75. The molecule has 2 rings (SSSR count). The van der Waals surface area contributed by atoms with Crippen molar-refractivity contribution in [3.8, 4) is 5.75 Å². The number of unbranched alkanes of at least 4 members (excludes halogenated alkanes) is 1. The first kappa shape index (κ1) is 23.4. The average molecular weight is 407 g/mol. The molecule has 0 aliphatic rings. The van der Waals surface area contributed by atoms with E-state index in [9.17, 15) is 4.79 Å². The highest BCUT2D eigenvalue weighted by Crippen LogP contribution is 2.23. The number of allylic oxidation sites excluding steroid dienone is 3. The monoisotopic (exact) mass is 406 g/mol.